The summed E-state index contributed by atoms with van der Waals surface area (Å²) in [5, 5.41) is 2.51. The molecule has 0 fully saturated rings. The Kier molecular flexibility index (Phi) is 4.97. The van der Waals surface area contributed by atoms with Crippen LogP contribution in [0.5, 0.6) is 5.75 Å². The Morgan fingerprint density at radius 1 is 1.42 bits per heavy atom. The third-order valence-corrected chi connectivity index (χ3v) is 2.32. The van der Waals surface area contributed by atoms with Crippen molar-refractivity contribution in [2.75, 3.05) is 13.7 Å². The standard InChI is InChI=1S/C13H14F3NO2/c1-9(18)17-7-3-4-10-8-11(13(14,15)16)5-6-12(10)19-2/h3-6,8H,7H2,1-2H3,(H,17,18). The molecule has 0 aliphatic rings. The molecule has 0 spiro atoms. The van der Waals surface area contributed by atoms with Crippen molar-refractivity contribution in [1.29, 1.82) is 0 Å². The first-order chi connectivity index (χ1) is 8.84. The van der Waals surface area contributed by atoms with Gasteiger partial charge in [-0.3, -0.25) is 4.79 Å². The van der Waals surface area contributed by atoms with E-state index in [0.717, 1.165) is 12.1 Å². The zero-order chi connectivity index (χ0) is 14.5. The van der Waals surface area contributed by atoms with E-state index in [-0.39, 0.29) is 12.5 Å². The highest BCUT2D eigenvalue weighted by molar-refractivity contribution is 5.73. The molecule has 0 unspecified atom stereocenters. The van der Waals surface area contributed by atoms with E-state index in [1.807, 2.05) is 0 Å². The predicted molar refractivity (Wildman–Crippen MR) is 65.7 cm³/mol. The van der Waals surface area contributed by atoms with E-state index in [9.17, 15) is 18.0 Å². The molecule has 0 aromatic heterocycles. The summed E-state index contributed by atoms with van der Waals surface area (Å²) in [6.07, 6.45) is -1.37. The SMILES string of the molecule is COc1ccc(C(F)(F)F)cc1C=CCNC(C)=O. The van der Waals surface area contributed by atoms with Crippen LogP contribution in [0, 0.1) is 0 Å². The highest BCUT2D eigenvalue weighted by Gasteiger charge is 2.30. The van der Waals surface area contributed by atoms with Gasteiger partial charge in [0, 0.05) is 19.0 Å². The molecule has 0 aliphatic heterocycles. The number of carbonyl (C=O) groups is 1. The largest absolute Gasteiger partial charge is 0.496 e. The van der Waals surface area contributed by atoms with Gasteiger partial charge in [-0.25, -0.2) is 0 Å². The lowest BCUT2D eigenvalue weighted by molar-refractivity contribution is -0.137. The average Bonchev–Trinajstić information content (AvgIpc) is 2.33. The molecule has 1 N–H and O–H groups in total. The number of hydrogen-bond donors (Lipinski definition) is 1. The molecule has 6 heteroatoms. The number of hydrogen-bond acceptors (Lipinski definition) is 2. The van der Waals surface area contributed by atoms with Crippen LogP contribution in [0.4, 0.5) is 13.2 Å². The Morgan fingerprint density at radius 2 is 2.11 bits per heavy atom. The number of alkyl halides is 3. The Bertz CT molecular complexity index is 481. The first-order valence-electron chi connectivity index (χ1n) is 5.51. The van der Waals surface area contributed by atoms with Gasteiger partial charge < -0.3 is 10.1 Å². The van der Waals surface area contributed by atoms with Crippen LogP contribution in [0.15, 0.2) is 24.3 Å². The van der Waals surface area contributed by atoms with Crippen LogP contribution in [-0.2, 0) is 11.0 Å². The minimum absolute atomic E-state index is 0.208. The van der Waals surface area contributed by atoms with Gasteiger partial charge in [0.1, 0.15) is 5.75 Å². The Labute approximate surface area is 109 Å². The van der Waals surface area contributed by atoms with Gasteiger partial charge in [0.2, 0.25) is 5.91 Å². The Morgan fingerprint density at radius 3 is 2.63 bits per heavy atom. The van der Waals surface area contributed by atoms with E-state index in [2.05, 4.69) is 5.32 Å². The fourth-order valence-corrected chi connectivity index (χ4v) is 1.43. The summed E-state index contributed by atoms with van der Waals surface area (Å²) in [5.41, 5.74) is -0.435. The fourth-order valence-electron chi connectivity index (χ4n) is 1.43. The summed E-state index contributed by atoms with van der Waals surface area (Å²) in [6, 6.07) is 3.23. The fraction of sp³-hybridized carbons (Fsp3) is 0.308. The molecule has 1 amide bonds. The molecule has 1 aromatic rings. The number of carbonyl (C=O) groups excluding carboxylic acids is 1. The van der Waals surface area contributed by atoms with Gasteiger partial charge in [-0.2, -0.15) is 13.2 Å². The highest BCUT2D eigenvalue weighted by atomic mass is 19.4. The van der Waals surface area contributed by atoms with Gasteiger partial charge in [0.05, 0.1) is 12.7 Å². The van der Waals surface area contributed by atoms with Crippen molar-refractivity contribution in [2.24, 2.45) is 0 Å². The van der Waals surface area contributed by atoms with Crippen molar-refractivity contribution in [3.8, 4) is 5.75 Å². The molecule has 0 bridgehead atoms. The molecule has 19 heavy (non-hydrogen) atoms. The van der Waals surface area contributed by atoms with Gasteiger partial charge in [0.15, 0.2) is 0 Å². The number of ether oxygens (including phenoxy) is 1. The van der Waals surface area contributed by atoms with Gasteiger partial charge >= 0.3 is 6.18 Å². The number of rotatable bonds is 4. The van der Waals surface area contributed by atoms with Gasteiger partial charge in [-0.15, -0.1) is 0 Å². The lowest BCUT2D eigenvalue weighted by atomic mass is 10.1. The van der Waals surface area contributed by atoms with Crippen LogP contribution in [0.2, 0.25) is 0 Å². The van der Waals surface area contributed by atoms with E-state index in [1.54, 1.807) is 6.08 Å². The summed E-state index contributed by atoms with van der Waals surface area (Å²) in [4.78, 5) is 10.6. The molecule has 0 heterocycles. The second-order valence-corrected chi connectivity index (χ2v) is 3.79. The van der Waals surface area contributed by atoms with Gasteiger partial charge in [-0.05, 0) is 18.2 Å². The van der Waals surface area contributed by atoms with Crippen LogP contribution in [0.25, 0.3) is 6.08 Å². The lowest BCUT2D eigenvalue weighted by Gasteiger charge is -2.10. The molecule has 3 nitrogen and oxygen atoms in total. The molecule has 0 saturated carbocycles. The van der Waals surface area contributed by atoms with Gasteiger partial charge in [0.25, 0.3) is 0 Å². The maximum atomic E-state index is 12.6. The second-order valence-electron chi connectivity index (χ2n) is 3.79. The third-order valence-electron chi connectivity index (χ3n) is 2.32. The van der Waals surface area contributed by atoms with Gasteiger partial charge in [-0.1, -0.05) is 12.2 Å². The Hall–Kier alpha value is -1.98. The molecule has 104 valence electrons. The minimum Gasteiger partial charge on any atom is -0.496 e. The minimum atomic E-state index is -4.40. The quantitative estimate of drug-likeness (QED) is 0.916. The van der Waals surface area contributed by atoms with E-state index in [1.165, 1.54) is 26.2 Å². The maximum Gasteiger partial charge on any atom is 0.416 e. The third kappa shape index (κ3) is 4.65. The summed E-state index contributed by atoms with van der Waals surface area (Å²) in [5.74, 6) is 0.132. The van der Waals surface area contributed by atoms with Crippen LogP contribution in [0.3, 0.4) is 0 Å². The van der Waals surface area contributed by atoms with E-state index in [4.69, 9.17) is 4.74 Å². The number of halogens is 3. The van der Waals surface area contributed by atoms with E-state index < -0.39 is 11.7 Å². The zero-order valence-corrected chi connectivity index (χ0v) is 10.5. The first kappa shape index (κ1) is 15.1. The smallest absolute Gasteiger partial charge is 0.416 e. The van der Waals surface area contributed by atoms with Crippen molar-refractivity contribution in [3.63, 3.8) is 0 Å². The molecular weight excluding hydrogens is 259 g/mol. The van der Waals surface area contributed by atoms with Crippen LogP contribution in [0.1, 0.15) is 18.1 Å². The van der Waals surface area contributed by atoms with Crippen molar-refractivity contribution >= 4 is 12.0 Å². The lowest BCUT2D eigenvalue weighted by Crippen LogP contribution is -2.19. The van der Waals surface area contributed by atoms with Crippen molar-refractivity contribution < 1.29 is 22.7 Å². The molecular formula is C13H14F3NO2. The summed E-state index contributed by atoms with van der Waals surface area (Å²) < 4.78 is 42.7. The zero-order valence-electron chi connectivity index (χ0n) is 10.5. The van der Waals surface area contributed by atoms with Crippen molar-refractivity contribution in [1.82, 2.24) is 5.32 Å². The highest BCUT2D eigenvalue weighted by Crippen LogP contribution is 2.32. The number of benzene rings is 1. The maximum absolute atomic E-state index is 12.6. The van der Waals surface area contributed by atoms with Crippen molar-refractivity contribution in [2.45, 2.75) is 13.1 Å². The molecule has 1 aromatic carbocycles. The monoisotopic (exact) mass is 273 g/mol. The molecule has 0 aliphatic carbocycles. The Balaban J connectivity index is 2.93. The number of methoxy groups -OCH3 is 1. The summed E-state index contributed by atoms with van der Waals surface area (Å²) in [6.45, 7) is 1.60. The normalized spacial score (nSPS) is 11.6. The summed E-state index contributed by atoms with van der Waals surface area (Å²) >= 11 is 0. The molecule has 0 atom stereocenters. The van der Waals surface area contributed by atoms with Crippen LogP contribution in [-0.4, -0.2) is 19.6 Å². The molecule has 0 radical (unpaired) electrons. The van der Waals surface area contributed by atoms with E-state index >= 15 is 0 Å². The molecule has 0 saturated heterocycles. The topological polar surface area (TPSA) is 38.3 Å². The predicted octanol–water partition coefficient (Wildman–Crippen LogP) is 2.86. The van der Waals surface area contributed by atoms with Crippen LogP contribution < -0.4 is 10.1 Å². The second kappa shape index (κ2) is 6.26. The van der Waals surface area contributed by atoms with Crippen molar-refractivity contribution in [3.05, 3.63) is 35.4 Å². The summed E-state index contributed by atoms with van der Waals surface area (Å²) in [7, 11) is 1.38. The van der Waals surface area contributed by atoms with Crippen LogP contribution >= 0.6 is 0 Å². The average molecular weight is 273 g/mol. The van der Waals surface area contributed by atoms with E-state index in [0.29, 0.717) is 11.3 Å². The molecule has 1 rings (SSSR count). The number of nitrogens with one attached hydrogen (secondary N) is 1. The first-order valence-corrected chi connectivity index (χ1v) is 5.51. The number of amides is 1.